The van der Waals surface area contributed by atoms with Crippen molar-refractivity contribution < 1.29 is 26.5 Å². The van der Waals surface area contributed by atoms with Gasteiger partial charge in [-0.3, -0.25) is 0 Å². The molecule has 1 aromatic carbocycles. The van der Waals surface area contributed by atoms with E-state index < -0.39 is 0 Å². The number of para-hydroxylation sites is 1. The molecule has 0 saturated carbocycles. The summed E-state index contributed by atoms with van der Waals surface area (Å²) >= 11 is 0. The van der Waals surface area contributed by atoms with E-state index in [-0.39, 0.29) is 46.1 Å². The molecule has 0 unspecified atom stereocenters. The molecule has 0 aliphatic heterocycles. The molecule has 0 bridgehead atoms. The number of hydrogen-bond donors (Lipinski definition) is 0. The summed E-state index contributed by atoms with van der Waals surface area (Å²) in [6.07, 6.45) is 0.0775. The van der Waals surface area contributed by atoms with Gasteiger partial charge in [-0.2, -0.15) is 18.2 Å². The average Bonchev–Trinajstić information content (AvgIpc) is 2.06. The second-order valence-corrected chi connectivity index (χ2v) is 2.61. The molecule has 0 heterocycles. The van der Waals surface area contributed by atoms with Crippen molar-refractivity contribution in [1.29, 1.82) is 0 Å². The first-order valence-electron chi connectivity index (χ1n) is 3.95. The summed E-state index contributed by atoms with van der Waals surface area (Å²) in [5.74, 6) is 0.766. The molecular weight excluding hydrogens is 256 g/mol. The van der Waals surface area contributed by atoms with Gasteiger partial charge in [-0.1, -0.05) is 0 Å². The minimum absolute atomic E-state index is 0. The molecule has 1 aromatic rings. The summed E-state index contributed by atoms with van der Waals surface area (Å²) in [6.45, 7) is 2.56. The van der Waals surface area contributed by atoms with Crippen LogP contribution in [0.5, 0.6) is 5.75 Å². The first kappa shape index (κ1) is 16.6. The van der Waals surface area contributed by atoms with Gasteiger partial charge in [0.2, 0.25) is 0 Å². The predicted molar refractivity (Wildman–Crippen MR) is 53.0 cm³/mol. The summed E-state index contributed by atoms with van der Waals surface area (Å²) < 4.78 is 10.4. The van der Waals surface area contributed by atoms with Crippen molar-refractivity contribution in [1.82, 2.24) is 0 Å². The van der Waals surface area contributed by atoms with Gasteiger partial charge in [0.25, 0.3) is 0 Å². The molecule has 0 radical (unpaired) electrons. The molecular formula is C10H13BrMgO2. The summed E-state index contributed by atoms with van der Waals surface area (Å²) in [5, 5.41) is 0. The summed E-state index contributed by atoms with van der Waals surface area (Å²) in [6, 6.07) is 10.5. The third-order valence-electron chi connectivity index (χ3n) is 1.41. The van der Waals surface area contributed by atoms with E-state index in [1.54, 1.807) is 7.11 Å². The SMILES string of the molecule is COC[C@@H](C)Oc1[c-]cccc1.[Br-].[Mg+2]. The van der Waals surface area contributed by atoms with Crippen LogP contribution in [0, 0.1) is 6.07 Å². The van der Waals surface area contributed by atoms with Crippen molar-refractivity contribution in [2.75, 3.05) is 13.7 Å². The molecule has 14 heavy (non-hydrogen) atoms. The van der Waals surface area contributed by atoms with E-state index in [0.29, 0.717) is 6.61 Å². The van der Waals surface area contributed by atoms with Crippen LogP contribution >= 0.6 is 0 Å². The molecule has 2 nitrogen and oxygen atoms in total. The van der Waals surface area contributed by atoms with Crippen LogP contribution in [0.15, 0.2) is 24.3 Å². The van der Waals surface area contributed by atoms with Crippen molar-refractivity contribution >= 4 is 23.1 Å². The van der Waals surface area contributed by atoms with Gasteiger partial charge in [-0.05, 0) is 6.92 Å². The molecule has 0 saturated heterocycles. The zero-order valence-corrected chi connectivity index (χ0v) is 11.5. The van der Waals surface area contributed by atoms with Crippen LogP contribution in [0.1, 0.15) is 6.92 Å². The van der Waals surface area contributed by atoms with Crippen molar-refractivity contribution in [3.63, 3.8) is 0 Å². The molecule has 0 aliphatic rings. The largest absolute Gasteiger partial charge is 2.00 e. The Morgan fingerprint density at radius 3 is 2.64 bits per heavy atom. The second kappa shape index (κ2) is 9.77. The Balaban J connectivity index is 0. The molecule has 0 spiro atoms. The van der Waals surface area contributed by atoms with Crippen LogP contribution in [0.25, 0.3) is 0 Å². The Kier molecular flexibility index (Phi) is 11.6. The van der Waals surface area contributed by atoms with Gasteiger partial charge in [-0.25, -0.2) is 0 Å². The first-order chi connectivity index (χ1) is 5.83. The van der Waals surface area contributed by atoms with E-state index >= 15 is 0 Å². The van der Waals surface area contributed by atoms with Crippen molar-refractivity contribution in [2.24, 2.45) is 0 Å². The summed E-state index contributed by atoms with van der Waals surface area (Å²) in [4.78, 5) is 0. The van der Waals surface area contributed by atoms with Gasteiger partial charge < -0.3 is 26.5 Å². The van der Waals surface area contributed by atoms with Crippen LogP contribution in [-0.2, 0) is 4.74 Å². The van der Waals surface area contributed by atoms with Gasteiger partial charge in [0, 0.05) is 12.9 Å². The molecule has 0 aliphatic carbocycles. The second-order valence-electron chi connectivity index (χ2n) is 2.61. The van der Waals surface area contributed by atoms with Crippen LogP contribution in [0.2, 0.25) is 0 Å². The quantitative estimate of drug-likeness (QED) is 0.490. The number of methoxy groups -OCH3 is 1. The standard InChI is InChI=1S/C10H13O2.BrH.Mg/c1-9(8-11-2)12-10-6-4-3-5-7-10;;/h3-6,9H,8H2,1-2H3;1H;/q-1;;+2/p-1/t9-;;/m1../s1. The van der Waals surface area contributed by atoms with E-state index in [0.717, 1.165) is 5.75 Å². The van der Waals surface area contributed by atoms with E-state index in [4.69, 9.17) is 9.47 Å². The third kappa shape index (κ3) is 6.65. The maximum atomic E-state index is 5.47. The topological polar surface area (TPSA) is 18.5 Å². The monoisotopic (exact) mass is 268 g/mol. The van der Waals surface area contributed by atoms with Gasteiger partial charge in [0.15, 0.2) is 0 Å². The Labute approximate surface area is 112 Å². The van der Waals surface area contributed by atoms with Gasteiger partial charge in [0.05, 0.1) is 6.61 Å². The summed E-state index contributed by atoms with van der Waals surface area (Å²) in [5.41, 5.74) is 0. The number of halogens is 1. The number of ether oxygens (including phenoxy) is 2. The van der Waals surface area contributed by atoms with Crippen molar-refractivity contribution in [2.45, 2.75) is 13.0 Å². The van der Waals surface area contributed by atoms with Crippen molar-refractivity contribution in [3.05, 3.63) is 30.3 Å². The average molecular weight is 269 g/mol. The molecule has 0 fully saturated rings. The number of benzene rings is 1. The molecule has 4 heteroatoms. The molecule has 74 valence electrons. The van der Waals surface area contributed by atoms with E-state index in [2.05, 4.69) is 6.07 Å². The zero-order chi connectivity index (χ0) is 8.81. The Morgan fingerprint density at radius 2 is 2.14 bits per heavy atom. The van der Waals surface area contributed by atoms with Gasteiger partial charge in [0.1, 0.15) is 6.10 Å². The fourth-order valence-electron chi connectivity index (χ4n) is 0.936. The Morgan fingerprint density at radius 1 is 1.43 bits per heavy atom. The van der Waals surface area contributed by atoms with E-state index in [1.807, 2.05) is 31.2 Å². The maximum Gasteiger partial charge on any atom is 2.00 e. The third-order valence-corrected chi connectivity index (χ3v) is 1.41. The molecule has 0 N–H and O–H groups in total. The van der Waals surface area contributed by atoms with E-state index in [9.17, 15) is 0 Å². The van der Waals surface area contributed by atoms with Gasteiger partial charge >= 0.3 is 23.1 Å². The molecule has 0 aromatic heterocycles. The molecule has 1 atom stereocenters. The Bertz CT molecular complexity index is 219. The van der Waals surface area contributed by atoms with Crippen LogP contribution in [0.3, 0.4) is 0 Å². The van der Waals surface area contributed by atoms with Gasteiger partial charge in [-0.15, -0.1) is 12.1 Å². The predicted octanol–water partition coefficient (Wildman–Crippen LogP) is -1.48. The van der Waals surface area contributed by atoms with Crippen LogP contribution < -0.4 is 21.7 Å². The minimum Gasteiger partial charge on any atom is -1.00 e. The summed E-state index contributed by atoms with van der Waals surface area (Å²) in [7, 11) is 1.66. The normalized spacial score (nSPS) is 10.7. The van der Waals surface area contributed by atoms with Crippen LogP contribution in [0.4, 0.5) is 0 Å². The fourth-order valence-corrected chi connectivity index (χ4v) is 0.936. The number of rotatable bonds is 4. The molecule has 0 amide bonds. The maximum absolute atomic E-state index is 5.47. The van der Waals surface area contributed by atoms with Crippen LogP contribution in [-0.4, -0.2) is 42.9 Å². The first-order valence-corrected chi connectivity index (χ1v) is 3.95. The zero-order valence-electron chi connectivity index (χ0n) is 8.50. The molecule has 1 rings (SSSR count). The number of hydrogen-bond acceptors (Lipinski definition) is 2. The fraction of sp³-hybridized carbons (Fsp3) is 0.400. The van der Waals surface area contributed by atoms with Crippen molar-refractivity contribution in [3.8, 4) is 5.75 Å². The Hall–Kier alpha value is 0.226. The smallest absolute Gasteiger partial charge is 1.00 e. The minimum atomic E-state index is 0. The van der Waals surface area contributed by atoms with E-state index in [1.165, 1.54) is 0 Å².